The Morgan fingerprint density at radius 1 is 1.04 bits per heavy atom. The standard InChI is InChI=1S/C20H18N2O3S2/c1-25-17-9-3-2-8-16(17)22-19(23)13-27-15-7-4-6-14(12-15)21-20(24)18-10-5-11-26-18/h2-12H,13H2,1H3,(H,21,24)(H,22,23). The fourth-order valence-electron chi connectivity index (χ4n) is 2.35. The summed E-state index contributed by atoms with van der Waals surface area (Å²) in [5.41, 5.74) is 1.34. The number of thiophene rings is 1. The third-order valence-electron chi connectivity index (χ3n) is 3.59. The van der Waals surface area contributed by atoms with Crippen molar-refractivity contribution in [2.75, 3.05) is 23.5 Å². The molecule has 2 aromatic carbocycles. The van der Waals surface area contributed by atoms with Crippen LogP contribution in [0.15, 0.2) is 70.9 Å². The molecule has 7 heteroatoms. The third kappa shape index (κ3) is 5.35. The topological polar surface area (TPSA) is 67.4 Å². The van der Waals surface area contributed by atoms with Crippen molar-refractivity contribution in [1.82, 2.24) is 0 Å². The van der Waals surface area contributed by atoms with E-state index < -0.39 is 0 Å². The lowest BCUT2D eigenvalue weighted by atomic mass is 10.3. The molecule has 0 bridgehead atoms. The lowest BCUT2D eigenvalue weighted by molar-refractivity contribution is -0.113. The fourth-order valence-corrected chi connectivity index (χ4v) is 3.72. The van der Waals surface area contributed by atoms with Crippen LogP contribution in [0.3, 0.4) is 0 Å². The first-order valence-corrected chi connectivity index (χ1v) is 10.0. The second-order valence-corrected chi connectivity index (χ2v) is 7.49. The zero-order valence-corrected chi connectivity index (χ0v) is 16.2. The van der Waals surface area contributed by atoms with E-state index in [-0.39, 0.29) is 17.6 Å². The molecule has 0 aliphatic rings. The summed E-state index contributed by atoms with van der Waals surface area (Å²) in [7, 11) is 1.57. The highest BCUT2D eigenvalue weighted by molar-refractivity contribution is 8.00. The molecule has 0 atom stereocenters. The molecule has 0 aliphatic heterocycles. The van der Waals surface area contributed by atoms with Gasteiger partial charge >= 0.3 is 0 Å². The number of amides is 2. The quantitative estimate of drug-likeness (QED) is 0.564. The lowest BCUT2D eigenvalue weighted by Gasteiger charge is -2.10. The van der Waals surface area contributed by atoms with Crippen molar-refractivity contribution < 1.29 is 14.3 Å². The molecule has 3 rings (SSSR count). The predicted octanol–water partition coefficient (Wildman–Crippen LogP) is 4.74. The summed E-state index contributed by atoms with van der Waals surface area (Å²) in [5, 5.41) is 7.57. The van der Waals surface area contributed by atoms with E-state index in [9.17, 15) is 9.59 Å². The van der Waals surface area contributed by atoms with E-state index >= 15 is 0 Å². The van der Waals surface area contributed by atoms with Gasteiger partial charge in [-0.1, -0.05) is 24.3 Å². The molecule has 0 saturated carbocycles. The second kappa shape index (κ2) is 9.25. The molecule has 0 unspecified atom stereocenters. The Balaban J connectivity index is 1.56. The van der Waals surface area contributed by atoms with Gasteiger partial charge in [0.05, 0.1) is 23.4 Å². The molecule has 1 heterocycles. The van der Waals surface area contributed by atoms with Crippen LogP contribution in [0.4, 0.5) is 11.4 Å². The second-order valence-electron chi connectivity index (χ2n) is 5.50. The van der Waals surface area contributed by atoms with Crippen molar-refractivity contribution in [3.63, 3.8) is 0 Å². The average molecular weight is 399 g/mol. The largest absolute Gasteiger partial charge is 0.495 e. The molecule has 2 N–H and O–H groups in total. The molecule has 0 aliphatic carbocycles. The van der Waals surface area contributed by atoms with Crippen molar-refractivity contribution >= 4 is 46.3 Å². The number of methoxy groups -OCH3 is 1. The number of hydrogen-bond donors (Lipinski definition) is 2. The summed E-state index contributed by atoms with van der Waals surface area (Å²) in [6.45, 7) is 0. The number of nitrogens with one attached hydrogen (secondary N) is 2. The summed E-state index contributed by atoms with van der Waals surface area (Å²) in [5.74, 6) is 0.605. The molecule has 5 nitrogen and oxygen atoms in total. The predicted molar refractivity (Wildman–Crippen MR) is 111 cm³/mol. The molecule has 138 valence electrons. The van der Waals surface area contributed by atoms with Crippen LogP contribution in [0.1, 0.15) is 9.67 Å². The van der Waals surface area contributed by atoms with Crippen molar-refractivity contribution in [3.8, 4) is 5.75 Å². The maximum absolute atomic E-state index is 12.2. The van der Waals surface area contributed by atoms with Gasteiger partial charge in [-0.3, -0.25) is 9.59 Å². The van der Waals surface area contributed by atoms with E-state index in [4.69, 9.17) is 4.74 Å². The smallest absolute Gasteiger partial charge is 0.265 e. The molecule has 0 spiro atoms. The third-order valence-corrected chi connectivity index (χ3v) is 5.45. The first-order chi connectivity index (χ1) is 13.2. The number of hydrogen-bond acceptors (Lipinski definition) is 5. The van der Waals surface area contributed by atoms with Crippen LogP contribution in [-0.4, -0.2) is 24.7 Å². The van der Waals surface area contributed by atoms with Crippen LogP contribution in [0, 0.1) is 0 Å². The van der Waals surface area contributed by atoms with Crippen LogP contribution in [0.5, 0.6) is 5.75 Å². The summed E-state index contributed by atoms with van der Waals surface area (Å²) in [4.78, 5) is 25.9. The van der Waals surface area contributed by atoms with Crippen LogP contribution >= 0.6 is 23.1 Å². The number of para-hydroxylation sites is 2. The van der Waals surface area contributed by atoms with Crippen LogP contribution < -0.4 is 15.4 Å². The number of anilines is 2. The van der Waals surface area contributed by atoms with Gasteiger partial charge in [-0.05, 0) is 41.8 Å². The highest BCUT2D eigenvalue weighted by atomic mass is 32.2. The van der Waals surface area contributed by atoms with Crippen molar-refractivity contribution in [2.45, 2.75) is 4.90 Å². The molecule has 0 saturated heterocycles. The zero-order chi connectivity index (χ0) is 19.1. The highest BCUT2D eigenvalue weighted by Crippen LogP contribution is 2.25. The van der Waals surface area contributed by atoms with Gasteiger partial charge in [0.1, 0.15) is 5.75 Å². The van der Waals surface area contributed by atoms with Crippen LogP contribution in [-0.2, 0) is 4.79 Å². The minimum atomic E-state index is -0.138. The van der Waals surface area contributed by atoms with E-state index in [2.05, 4.69) is 10.6 Å². The Morgan fingerprint density at radius 2 is 1.89 bits per heavy atom. The van der Waals surface area contributed by atoms with Gasteiger partial charge in [0.15, 0.2) is 0 Å². The van der Waals surface area contributed by atoms with Crippen molar-refractivity contribution in [2.24, 2.45) is 0 Å². The lowest BCUT2D eigenvalue weighted by Crippen LogP contribution is -2.14. The Labute approximate surface area is 165 Å². The van der Waals surface area contributed by atoms with E-state index in [0.717, 1.165) is 4.90 Å². The summed E-state index contributed by atoms with van der Waals surface area (Å²) < 4.78 is 5.23. The van der Waals surface area contributed by atoms with Crippen LogP contribution in [0.25, 0.3) is 0 Å². The number of carbonyl (C=O) groups is 2. The summed E-state index contributed by atoms with van der Waals surface area (Å²) >= 11 is 2.79. The minimum Gasteiger partial charge on any atom is -0.495 e. The van der Waals surface area contributed by atoms with Gasteiger partial charge in [-0.25, -0.2) is 0 Å². The zero-order valence-electron chi connectivity index (χ0n) is 14.6. The number of benzene rings is 2. The van der Waals surface area contributed by atoms with Crippen molar-refractivity contribution in [3.05, 3.63) is 70.9 Å². The van der Waals surface area contributed by atoms with Gasteiger partial charge in [-0.2, -0.15) is 0 Å². The van der Waals surface area contributed by atoms with E-state index in [1.807, 2.05) is 47.8 Å². The highest BCUT2D eigenvalue weighted by Gasteiger charge is 2.09. The van der Waals surface area contributed by atoms with Gasteiger partial charge < -0.3 is 15.4 Å². The molecule has 3 aromatic rings. The van der Waals surface area contributed by atoms with Gasteiger partial charge in [0.25, 0.3) is 5.91 Å². The normalized spacial score (nSPS) is 10.3. The van der Waals surface area contributed by atoms with E-state index in [1.54, 1.807) is 25.3 Å². The molecule has 27 heavy (non-hydrogen) atoms. The Hall–Kier alpha value is -2.77. The summed E-state index contributed by atoms with van der Waals surface area (Å²) in [6.07, 6.45) is 0. The van der Waals surface area contributed by atoms with Gasteiger partial charge in [0.2, 0.25) is 5.91 Å². The van der Waals surface area contributed by atoms with Gasteiger partial charge in [0, 0.05) is 10.6 Å². The first kappa shape index (κ1) is 19.0. The number of ether oxygens (including phenoxy) is 1. The van der Waals surface area contributed by atoms with Gasteiger partial charge in [-0.15, -0.1) is 23.1 Å². The minimum absolute atomic E-state index is 0.127. The first-order valence-electron chi connectivity index (χ1n) is 8.16. The Bertz CT molecular complexity index is 926. The molecule has 2 amide bonds. The monoisotopic (exact) mass is 398 g/mol. The molecular weight excluding hydrogens is 380 g/mol. The fraction of sp³-hybridized carbons (Fsp3) is 0.100. The SMILES string of the molecule is COc1ccccc1NC(=O)CSc1cccc(NC(=O)c2cccs2)c1. The number of carbonyl (C=O) groups excluding carboxylic acids is 2. The average Bonchev–Trinajstić information content (AvgIpc) is 3.22. The van der Waals surface area contributed by atoms with E-state index in [1.165, 1.54) is 23.1 Å². The molecule has 0 radical (unpaired) electrons. The Kier molecular flexibility index (Phi) is 6.51. The molecule has 0 fully saturated rings. The maximum atomic E-state index is 12.2. The Morgan fingerprint density at radius 3 is 2.67 bits per heavy atom. The number of rotatable bonds is 7. The van der Waals surface area contributed by atoms with Crippen LogP contribution in [0.2, 0.25) is 0 Å². The molecule has 1 aromatic heterocycles. The summed E-state index contributed by atoms with van der Waals surface area (Å²) in [6, 6.07) is 18.3. The van der Waals surface area contributed by atoms with E-state index in [0.29, 0.717) is 22.0 Å². The number of thioether (sulfide) groups is 1. The van der Waals surface area contributed by atoms with Crippen molar-refractivity contribution in [1.29, 1.82) is 0 Å². The molecular formula is C20H18N2O3S2. The maximum Gasteiger partial charge on any atom is 0.265 e.